The summed E-state index contributed by atoms with van der Waals surface area (Å²) in [5.74, 6) is 1.71. The largest absolute Gasteiger partial charge is 0.488 e. The van der Waals surface area contributed by atoms with Crippen LogP contribution in [0.1, 0.15) is 30.9 Å². The molecular weight excluding hydrogens is 318 g/mol. The summed E-state index contributed by atoms with van der Waals surface area (Å²) in [6.07, 6.45) is 2.05. The Balaban J connectivity index is 1.85. The summed E-state index contributed by atoms with van der Waals surface area (Å²) in [6, 6.07) is 6.30. The first-order chi connectivity index (χ1) is 12.2. The number of nitrogens with zero attached hydrogens (tertiary/aromatic N) is 1. The molecule has 140 valence electrons. The highest BCUT2D eigenvalue weighted by molar-refractivity contribution is 5.79. The van der Waals surface area contributed by atoms with Crippen molar-refractivity contribution in [3.05, 3.63) is 29.3 Å². The standard InChI is InChI=1S/C19H31N3O3/c1-4-23-10-5-9-21-19(20-3)22-13-16-7-6-15(2)12-18(16)25-17-8-11-24-14-17/h6-7,12,17H,4-5,8-11,13-14H2,1-3H3,(H2,20,21,22). The quantitative estimate of drug-likeness (QED) is 0.407. The number of aryl methyl sites for hydroxylation is 1. The Bertz CT molecular complexity index is 543. The fourth-order valence-electron chi connectivity index (χ4n) is 2.63. The lowest BCUT2D eigenvalue weighted by Crippen LogP contribution is -2.37. The van der Waals surface area contributed by atoms with Crippen LogP contribution in [0.15, 0.2) is 23.2 Å². The van der Waals surface area contributed by atoms with Gasteiger partial charge in [0.2, 0.25) is 0 Å². The first-order valence-electron chi connectivity index (χ1n) is 9.09. The molecule has 0 amide bonds. The van der Waals surface area contributed by atoms with Crippen molar-refractivity contribution in [3.8, 4) is 5.75 Å². The maximum Gasteiger partial charge on any atom is 0.191 e. The van der Waals surface area contributed by atoms with E-state index in [0.717, 1.165) is 56.5 Å². The minimum Gasteiger partial charge on any atom is -0.488 e. The number of hydrogen-bond acceptors (Lipinski definition) is 4. The highest BCUT2D eigenvalue weighted by atomic mass is 16.5. The number of ether oxygens (including phenoxy) is 3. The zero-order valence-corrected chi connectivity index (χ0v) is 15.6. The van der Waals surface area contributed by atoms with Gasteiger partial charge >= 0.3 is 0 Å². The summed E-state index contributed by atoms with van der Waals surface area (Å²) < 4.78 is 16.9. The van der Waals surface area contributed by atoms with Crippen LogP contribution in [0.25, 0.3) is 0 Å². The Morgan fingerprint density at radius 2 is 2.24 bits per heavy atom. The van der Waals surface area contributed by atoms with Gasteiger partial charge in [-0.05, 0) is 31.9 Å². The van der Waals surface area contributed by atoms with Crippen molar-refractivity contribution in [2.45, 2.75) is 39.3 Å². The topological polar surface area (TPSA) is 64.1 Å². The van der Waals surface area contributed by atoms with Gasteiger partial charge in [0.25, 0.3) is 0 Å². The summed E-state index contributed by atoms with van der Waals surface area (Å²) in [5.41, 5.74) is 2.31. The zero-order chi connectivity index (χ0) is 17.9. The smallest absolute Gasteiger partial charge is 0.191 e. The third kappa shape index (κ3) is 6.92. The van der Waals surface area contributed by atoms with E-state index in [2.05, 4.69) is 40.7 Å². The van der Waals surface area contributed by atoms with Crippen molar-refractivity contribution in [3.63, 3.8) is 0 Å². The van der Waals surface area contributed by atoms with E-state index in [1.165, 1.54) is 5.56 Å². The van der Waals surface area contributed by atoms with Crippen LogP contribution in [0, 0.1) is 6.92 Å². The van der Waals surface area contributed by atoms with Gasteiger partial charge in [-0.25, -0.2) is 0 Å². The van der Waals surface area contributed by atoms with Crippen LogP contribution in [0.4, 0.5) is 0 Å². The maximum absolute atomic E-state index is 6.14. The third-order valence-electron chi connectivity index (χ3n) is 4.04. The Morgan fingerprint density at radius 1 is 1.36 bits per heavy atom. The molecule has 0 aliphatic carbocycles. The number of guanidine groups is 1. The summed E-state index contributed by atoms with van der Waals surface area (Å²) in [5, 5.41) is 6.65. The molecule has 1 aliphatic heterocycles. The van der Waals surface area contributed by atoms with E-state index in [9.17, 15) is 0 Å². The van der Waals surface area contributed by atoms with E-state index in [0.29, 0.717) is 13.2 Å². The lowest BCUT2D eigenvalue weighted by molar-refractivity contribution is 0.140. The van der Waals surface area contributed by atoms with Crippen molar-refractivity contribution in [2.24, 2.45) is 4.99 Å². The minimum absolute atomic E-state index is 0.150. The molecule has 1 heterocycles. The molecule has 0 aromatic heterocycles. The normalized spacial score (nSPS) is 17.6. The van der Waals surface area contributed by atoms with Crippen molar-refractivity contribution in [2.75, 3.05) is 40.0 Å². The summed E-state index contributed by atoms with van der Waals surface area (Å²) >= 11 is 0. The molecule has 1 aromatic rings. The SMILES string of the molecule is CCOCCCNC(=NC)NCc1ccc(C)cc1OC1CCOC1. The van der Waals surface area contributed by atoms with Gasteiger partial charge in [-0.1, -0.05) is 12.1 Å². The molecule has 2 rings (SSSR count). The van der Waals surface area contributed by atoms with Crippen LogP contribution in [0.2, 0.25) is 0 Å². The molecule has 0 saturated carbocycles. The van der Waals surface area contributed by atoms with Crippen LogP contribution >= 0.6 is 0 Å². The molecule has 1 aliphatic rings. The van der Waals surface area contributed by atoms with Crippen molar-refractivity contribution in [1.82, 2.24) is 10.6 Å². The van der Waals surface area contributed by atoms with Crippen LogP contribution in [0.5, 0.6) is 5.75 Å². The zero-order valence-electron chi connectivity index (χ0n) is 15.6. The summed E-state index contributed by atoms with van der Waals surface area (Å²) in [4.78, 5) is 4.26. The highest BCUT2D eigenvalue weighted by Crippen LogP contribution is 2.23. The summed E-state index contributed by atoms with van der Waals surface area (Å²) in [7, 11) is 1.78. The second kappa shape index (κ2) is 10.9. The maximum atomic E-state index is 6.14. The molecule has 1 aromatic carbocycles. The minimum atomic E-state index is 0.150. The van der Waals surface area contributed by atoms with Crippen LogP contribution in [0.3, 0.4) is 0 Å². The van der Waals surface area contributed by atoms with Gasteiger partial charge in [0.05, 0.1) is 13.2 Å². The molecule has 1 saturated heterocycles. The summed E-state index contributed by atoms with van der Waals surface area (Å²) in [6.45, 7) is 8.55. The van der Waals surface area contributed by atoms with E-state index < -0.39 is 0 Å². The van der Waals surface area contributed by atoms with Gasteiger partial charge in [-0.3, -0.25) is 4.99 Å². The van der Waals surface area contributed by atoms with Crippen molar-refractivity contribution in [1.29, 1.82) is 0 Å². The van der Waals surface area contributed by atoms with Gasteiger partial charge < -0.3 is 24.8 Å². The predicted octanol–water partition coefficient (Wildman–Crippen LogP) is 2.25. The number of benzene rings is 1. The Labute approximate surface area is 151 Å². The predicted molar refractivity (Wildman–Crippen MR) is 100 cm³/mol. The molecular formula is C19H31N3O3. The van der Waals surface area contributed by atoms with E-state index in [-0.39, 0.29) is 6.10 Å². The lowest BCUT2D eigenvalue weighted by atomic mass is 10.1. The van der Waals surface area contributed by atoms with Gasteiger partial charge in [0.1, 0.15) is 11.9 Å². The monoisotopic (exact) mass is 349 g/mol. The van der Waals surface area contributed by atoms with Gasteiger partial charge in [-0.15, -0.1) is 0 Å². The molecule has 1 unspecified atom stereocenters. The Morgan fingerprint density at radius 3 is 2.96 bits per heavy atom. The molecule has 25 heavy (non-hydrogen) atoms. The molecule has 0 spiro atoms. The van der Waals surface area contributed by atoms with Crippen LogP contribution in [-0.4, -0.2) is 52.1 Å². The number of hydrogen-bond donors (Lipinski definition) is 2. The fourth-order valence-corrected chi connectivity index (χ4v) is 2.63. The first kappa shape index (κ1) is 19.5. The number of rotatable bonds is 9. The molecule has 6 nitrogen and oxygen atoms in total. The average molecular weight is 349 g/mol. The van der Waals surface area contributed by atoms with Gasteiger partial charge in [-0.2, -0.15) is 0 Å². The second-order valence-electron chi connectivity index (χ2n) is 6.12. The van der Waals surface area contributed by atoms with Crippen molar-refractivity contribution < 1.29 is 14.2 Å². The van der Waals surface area contributed by atoms with E-state index in [4.69, 9.17) is 14.2 Å². The first-order valence-corrected chi connectivity index (χ1v) is 9.09. The molecule has 0 bridgehead atoms. The number of aliphatic imine (C=N–C) groups is 1. The lowest BCUT2D eigenvalue weighted by Gasteiger charge is -2.18. The van der Waals surface area contributed by atoms with Gasteiger partial charge in [0.15, 0.2) is 5.96 Å². The molecule has 6 heteroatoms. The van der Waals surface area contributed by atoms with E-state index in [1.54, 1.807) is 7.05 Å². The average Bonchev–Trinajstić information content (AvgIpc) is 3.12. The third-order valence-corrected chi connectivity index (χ3v) is 4.04. The van der Waals surface area contributed by atoms with E-state index in [1.807, 2.05) is 6.92 Å². The van der Waals surface area contributed by atoms with Crippen LogP contribution < -0.4 is 15.4 Å². The Kier molecular flexibility index (Phi) is 8.55. The van der Waals surface area contributed by atoms with Crippen molar-refractivity contribution >= 4 is 5.96 Å². The fraction of sp³-hybridized carbons (Fsp3) is 0.632. The van der Waals surface area contributed by atoms with Crippen LogP contribution in [-0.2, 0) is 16.0 Å². The van der Waals surface area contributed by atoms with E-state index >= 15 is 0 Å². The molecule has 0 radical (unpaired) electrons. The molecule has 1 fully saturated rings. The second-order valence-corrected chi connectivity index (χ2v) is 6.12. The molecule has 1 atom stereocenters. The molecule has 2 N–H and O–H groups in total. The number of nitrogens with one attached hydrogen (secondary N) is 2. The highest BCUT2D eigenvalue weighted by Gasteiger charge is 2.18. The van der Waals surface area contributed by atoms with Gasteiger partial charge in [0, 0.05) is 45.3 Å². The Hall–Kier alpha value is -1.79.